The maximum Gasteiger partial charge on any atom is 0.0438 e. The van der Waals surface area contributed by atoms with E-state index < -0.39 is 0 Å². The molecule has 1 unspecified atom stereocenters. The van der Waals surface area contributed by atoms with Crippen molar-refractivity contribution in [3.8, 4) is 0 Å². The number of hydrogen-bond acceptors (Lipinski definition) is 1. The summed E-state index contributed by atoms with van der Waals surface area (Å²) >= 11 is 6.27. The van der Waals surface area contributed by atoms with E-state index in [4.69, 9.17) is 16.6 Å². The van der Waals surface area contributed by atoms with Crippen LogP contribution in [0.4, 0.5) is 0 Å². The molecule has 0 bridgehead atoms. The Bertz CT molecular complexity index is 604. The van der Waals surface area contributed by atoms with Gasteiger partial charge in [-0.05, 0) is 42.4 Å². The van der Waals surface area contributed by atoms with Crippen molar-refractivity contribution in [2.75, 3.05) is 6.54 Å². The van der Waals surface area contributed by atoms with Gasteiger partial charge >= 0.3 is 0 Å². The molecule has 0 aromatic heterocycles. The fourth-order valence-electron chi connectivity index (χ4n) is 2.81. The zero-order valence-corrected chi connectivity index (χ0v) is 12.2. The normalized spacial score (nSPS) is 18.6. The summed E-state index contributed by atoms with van der Waals surface area (Å²) < 4.78 is 0. The largest absolute Gasteiger partial charge is 0.289 e. The first-order valence-electron chi connectivity index (χ1n) is 7.15. The lowest BCUT2D eigenvalue weighted by molar-refractivity contribution is 0.491. The highest BCUT2D eigenvalue weighted by atomic mass is 35.5. The summed E-state index contributed by atoms with van der Waals surface area (Å²) in [5.41, 5.74) is 3.76. The molecule has 0 spiro atoms. The minimum atomic E-state index is 0.641. The van der Waals surface area contributed by atoms with Gasteiger partial charge in [0, 0.05) is 17.3 Å². The predicted molar refractivity (Wildman–Crippen MR) is 85.7 cm³/mol. The Morgan fingerprint density at radius 2 is 1.75 bits per heavy atom. The van der Waals surface area contributed by atoms with E-state index in [1.54, 1.807) is 0 Å². The Balaban J connectivity index is 1.72. The van der Waals surface area contributed by atoms with Crippen LogP contribution < -0.4 is 0 Å². The second kappa shape index (κ2) is 6.23. The van der Waals surface area contributed by atoms with Crippen molar-refractivity contribution in [2.24, 2.45) is 10.9 Å². The van der Waals surface area contributed by atoms with Gasteiger partial charge in [-0.15, -0.1) is 0 Å². The third kappa shape index (κ3) is 3.10. The van der Waals surface area contributed by atoms with Crippen LogP contribution in [0, 0.1) is 5.92 Å². The van der Waals surface area contributed by atoms with Gasteiger partial charge in [-0.2, -0.15) is 0 Å². The van der Waals surface area contributed by atoms with Crippen molar-refractivity contribution in [1.29, 1.82) is 0 Å². The first kappa shape index (κ1) is 13.4. The average Bonchev–Trinajstić information content (AvgIpc) is 2.51. The third-order valence-electron chi connectivity index (χ3n) is 3.90. The van der Waals surface area contributed by atoms with Crippen molar-refractivity contribution in [2.45, 2.75) is 19.3 Å². The van der Waals surface area contributed by atoms with E-state index in [9.17, 15) is 0 Å². The summed E-state index contributed by atoms with van der Waals surface area (Å²) in [6.07, 6.45) is 3.25. The molecule has 20 heavy (non-hydrogen) atoms. The topological polar surface area (TPSA) is 12.4 Å². The number of hydrogen-bond donors (Lipinski definition) is 0. The van der Waals surface area contributed by atoms with Crippen LogP contribution in [0.1, 0.15) is 24.0 Å². The summed E-state index contributed by atoms with van der Waals surface area (Å²) in [4.78, 5) is 4.70. The molecule has 1 aliphatic rings. The first-order chi connectivity index (χ1) is 9.83. The maximum atomic E-state index is 6.27. The predicted octanol–water partition coefficient (Wildman–Crippen LogP) is 4.78. The average molecular weight is 284 g/mol. The molecule has 0 saturated heterocycles. The maximum absolute atomic E-state index is 6.27. The SMILES string of the molecule is Clc1ccccc1CC1CCN=C(c2ccccc2)C1. The zero-order valence-electron chi connectivity index (χ0n) is 11.4. The van der Waals surface area contributed by atoms with Crippen LogP contribution in [0.3, 0.4) is 0 Å². The molecule has 2 aromatic rings. The van der Waals surface area contributed by atoms with Crippen molar-refractivity contribution in [3.63, 3.8) is 0 Å². The highest BCUT2D eigenvalue weighted by Crippen LogP contribution is 2.26. The second-order valence-electron chi connectivity index (χ2n) is 5.35. The highest BCUT2D eigenvalue weighted by Gasteiger charge is 2.19. The molecule has 0 saturated carbocycles. The van der Waals surface area contributed by atoms with Gasteiger partial charge in [-0.1, -0.05) is 60.1 Å². The second-order valence-corrected chi connectivity index (χ2v) is 5.76. The van der Waals surface area contributed by atoms with Crippen LogP contribution in [0.25, 0.3) is 0 Å². The quantitative estimate of drug-likeness (QED) is 0.768. The molecular formula is C18H18ClN. The lowest BCUT2D eigenvalue weighted by Gasteiger charge is -2.22. The summed E-state index contributed by atoms with van der Waals surface area (Å²) in [5.74, 6) is 0.641. The van der Waals surface area contributed by atoms with Crippen LogP contribution in [0.2, 0.25) is 5.02 Å². The standard InChI is InChI=1S/C18H18ClN/c19-17-9-5-4-8-16(17)12-14-10-11-20-18(13-14)15-6-2-1-3-7-15/h1-9,14H,10-13H2. The summed E-state index contributed by atoms with van der Waals surface area (Å²) in [6, 6.07) is 18.7. The van der Waals surface area contributed by atoms with Gasteiger partial charge in [0.25, 0.3) is 0 Å². The third-order valence-corrected chi connectivity index (χ3v) is 4.26. The molecule has 0 radical (unpaired) electrons. The van der Waals surface area contributed by atoms with Gasteiger partial charge in [0.1, 0.15) is 0 Å². The molecule has 1 aliphatic heterocycles. The molecule has 1 heterocycles. The van der Waals surface area contributed by atoms with E-state index in [1.807, 2.05) is 18.2 Å². The molecule has 102 valence electrons. The molecule has 0 amide bonds. The minimum absolute atomic E-state index is 0.641. The molecule has 1 nitrogen and oxygen atoms in total. The molecule has 1 atom stereocenters. The molecular weight excluding hydrogens is 266 g/mol. The molecule has 0 fully saturated rings. The Hall–Kier alpha value is -1.60. The van der Waals surface area contributed by atoms with Crippen LogP contribution in [0.5, 0.6) is 0 Å². The number of aliphatic imine (C=N–C) groups is 1. The van der Waals surface area contributed by atoms with E-state index in [1.165, 1.54) is 16.8 Å². The Labute approximate surface area is 125 Å². The van der Waals surface area contributed by atoms with E-state index >= 15 is 0 Å². The zero-order chi connectivity index (χ0) is 13.8. The number of benzene rings is 2. The monoisotopic (exact) mass is 283 g/mol. The number of halogens is 1. The van der Waals surface area contributed by atoms with Crippen LogP contribution in [-0.2, 0) is 6.42 Å². The Morgan fingerprint density at radius 1 is 1.00 bits per heavy atom. The molecule has 0 aliphatic carbocycles. The lowest BCUT2D eigenvalue weighted by atomic mass is 9.87. The van der Waals surface area contributed by atoms with E-state index in [0.717, 1.165) is 30.8 Å². The van der Waals surface area contributed by atoms with Gasteiger partial charge in [0.05, 0.1) is 0 Å². The smallest absolute Gasteiger partial charge is 0.0438 e. The molecule has 2 aromatic carbocycles. The van der Waals surface area contributed by atoms with Crippen LogP contribution in [0.15, 0.2) is 59.6 Å². The molecule has 0 N–H and O–H groups in total. The number of rotatable bonds is 3. The summed E-state index contributed by atoms with van der Waals surface area (Å²) in [6.45, 7) is 0.930. The highest BCUT2D eigenvalue weighted by molar-refractivity contribution is 6.31. The van der Waals surface area contributed by atoms with Crippen LogP contribution in [-0.4, -0.2) is 12.3 Å². The van der Waals surface area contributed by atoms with Gasteiger partial charge in [0.15, 0.2) is 0 Å². The van der Waals surface area contributed by atoms with Crippen molar-refractivity contribution in [3.05, 3.63) is 70.7 Å². The lowest BCUT2D eigenvalue weighted by Crippen LogP contribution is -2.19. The van der Waals surface area contributed by atoms with E-state index in [-0.39, 0.29) is 0 Å². The van der Waals surface area contributed by atoms with Crippen LogP contribution >= 0.6 is 11.6 Å². The Kier molecular flexibility index (Phi) is 4.17. The van der Waals surface area contributed by atoms with Gasteiger partial charge in [0.2, 0.25) is 0 Å². The van der Waals surface area contributed by atoms with E-state index in [2.05, 4.69) is 36.4 Å². The fraction of sp³-hybridized carbons (Fsp3) is 0.278. The van der Waals surface area contributed by atoms with Gasteiger partial charge in [-0.25, -0.2) is 0 Å². The fourth-order valence-corrected chi connectivity index (χ4v) is 3.02. The number of nitrogens with zero attached hydrogens (tertiary/aromatic N) is 1. The first-order valence-corrected chi connectivity index (χ1v) is 7.53. The van der Waals surface area contributed by atoms with E-state index in [0.29, 0.717) is 5.92 Å². The summed E-state index contributed by atoms with van der Waals surface area (Å²) in [7, 11) is 0. The van der Waals surface area contributed by atoms with Gasteiger partial charge in [-0.3, -0.25) is 4.99 Å². The van der Waals surface area contributed by atoms with Crippen molar-refractivity contribution in [1.82, 2.24) is 0 Å². The van der Waals surface area contributed by atoms with Crippen molar-refractivity contribution < 1.29 is 0 Å². The molecule has 3 rings (SSSR count). The molecule has 2 heteroatoms. The van der Waals surface area contributed by atoms with Gasteiger partial charge < -0.3 is 0 Å². The van der Waals surface area contributed by atoms with Crippen molar-refractivity contribution >= 4 is 17.3 Å². The summed E-state index contributed by atoms with van der Waals surface area (Å²) in [5, 5.41) is 0.885. The minimum Gasteiger partial charge on any atom is -0.289 e. The Morgan fingerprint density at radius 3 is 2.55 bits per heavy atom.